The zero-order valence-corrected chi connectivity index (χ0v) is 15.3. The number of piperazine rings is 1. The van der Waals surface area contributed by atoms with Crippen molar-refractivity contribution in [1.82, 2.24) is 14.8 Å². The van der Waals surface area contributed by atoms with E-state index in [1.165, 1.54) is 0 Å². The lowest BCUT2D eigenvalue weighted by molar-refractivity contribution is -0.131. The molecule has 1 saturated heterocycles. The Morgan fingerprint density at radius 2 is 1.88 bits per heavy atom. The first-order valence-corrected chi connectivity index (χ1v) is 8.76. The topological polar surface area (TPSA) is 62.7 Å². The molecule has 2 amide bonds. The maximum atomic E-state index is 12.6. The van der Waals surface area contributed by atoms with Crippen LogP contribution in [0.5, 0.6) is 5.75 Å². The molecule has 0 radical (unpaired) electrons. The highest BCUT2D eigenvalue weighted by molar-refractivity contribution is 6.30. The number of benzene rings is 1. The SMILES string of the molecule is COc1ccc(Cl)cc1CC(=O)N1CCN(C(=O)c2cccnc2)CC1. The third-order valence-corrected chi connectivity index (χ3v) is 4.65. The standard InChI is InChI=1S/C19H20ClN3O3/c1-26-17-5-4-16(20)11-15(17)12-18(24)22-7-9-23(10-8-22)19(25)14-3-2-6-21-13-14/h2-6,11,13H,7-10,12H2,1H3. The fraction of sp³-hybridized carbons (Fsp3) is 0.316. The van der Waals surface area contributed by atoms with Crippen molar-refractivity contribution >= 4 is 23.4 Å². The minimum atomic E-state index is -0.0540. The third kappa shape index (κ3) is 4.14. The second kappa shape index (κ2) is 8.19. The van der Waals surface area contributed by atoms with Crippen LogP contribution in [0.15, 0.2) is 42.7 Å². The molecule has 0 N–H and O–H groups in total. The molecule has 2 heterocycles. The molecule has 0 bridgehead atoms. The van der Waals surface area contributed by atoms with E-state index in [4.69, 9.17) is 16.3 Å². The normalized spacial score (nSPS) is 14.2. The van der Waals surface area contributed by atoms with Crippen molar-refractivity contribution in [3.05, 3.63) is 58.9 Å². The van der Waals surface area contributed by atoms with Gasteiger partial charge in [0.2, 0.25) is 5.91 Å². The van der Waals surface area contributed by atoms with Gasteiger partial charge in [-0.15, -0.1) is 0 Å². The van der Waals surface area contributed by atoms with Gasteiger partial charge in [-0.3, -0.25) is 14.6 Å². The van der Waals surface area contributed by atoms with Crippen LogP contribution in [0.1, 0.15) is 15.9 Å². The van der Waals surface area contributed by atoms with Crippen molar-refractivity contribution in [3.63, 3.8) is 0 Å². The van der Waals surface area contributed by atoms with Crippen LogP contribution in [0.2, 0.25) is 5.02 Å². The molecule has 1 aromatic carbocycles. The average Bonchev–Trinajstić information content (AvgIpc) is 2.68. The van der Waals surface area contributed by atoms with Gasteiger partial charge in [-0.2, -0.15) is 0 Å². The number of aromatic nitrogens is 1. The van der Waals surface area contributed by atoms with Crippen LogP contribution >= 0.6 is 11.6 Å². The van der Waals surface area contributed by atoms with Crippen molar-refractivity contribution in [2.24, 2.45) is 0 Å². The Hall–Kier alpha value is -2.60. The van der Waals surface area contributed by atoms with Crippen LogP contribution in [0.3, 0.4) is 0 Å². The molecule has 0 spiro atoms. The zero-order valence-electron chi connectivity index (χ0n) is 14.5. The molecule has 0 saturated carbocycles. The molecular weight excluding hydrogens is 354 g/mol. The van der Waals surface area contributed by atoms with Gasteiger partial charge in [0.25, 0.3) is 5.91 Å². The first kappa shape index (κ1) is 18.2. The zero-order chi connectivity index (χ0) is 18.5. The molecule has 0 unspecified atom stereocenters. The number of rotatable bonds is 4. The number of methoxy groups -OCH3 is 1. The lowest BCUT2D eigenvalue weighted by atomic mass is 10.1. The molecule has 1 fully saturated rings. The van der Waals surface area contributed by atoms with Crippen LogP contribution in [-0.4, -0.2) is 59.9 Å². The van der Waals surface area contributed by atoms with Gasteiger partial charge in [0.1, 0.15) is 5.75 Å². The first-order chi connectivity index (χ1) is 12.6. The van der Waals surface area contributed by atoms with Gasteiger partial charge in [0.15, 0.2) is 0 Å². The number of carbonyl (C=O) groups is 2. The van der Waals surface area contributed by atoms with E-state index in [-0.39, 0.29) is 18.2 Å². The molecular formula is C19H20ClN3O3. The number of carbonyl (C=O) groups excluding carboxylic acids is 2. The summed E-state index contributed by atoms with van der Waals surface area (Å²) in [7, 11) is 1.57. The number of nitrogens with zero attached hydrogens (tertiary/aromatic N) is 3. The Labute approximate surface area is 157 Å². The van der Waals surface area contributed by atoms with Crippen LogP contribution in [0.4, 0.5) is 0 Å². The minimum absolute atomic E-state index is 0.000886. The van der Waals surface area contributed by atoms with Gasteiger partial charge in [0, 0.05) is 49.2 Å². The lowest BCUT2D eigenvalue weighted by Crippen LogP contribution is -2.51. The van der Waals surface area contributed by atoms with Crippen LogP contribution in [0.25, 0.3) is 0 Å². The van der Waals surface area contributed by atoms with Gasteiger partial charge in [-0.05, 0) is 30.3 Å². The van der Waals surface area contributed by atoms with E-state index in [2.05, 4.69) is 4.98 Å². The molecule has 1 aliphatic heterocycles. The van der Waals surface area contributed by atoms with E-state index in [0.29, 0.717) is 42.5 Å². The summed E-state index contributed by atoms with van der Waals surface area (Å²) in [4.78, 5) is 32.5. The molecule has 6 nitrogen and oxygen atoms in total. The van der Waals surface area contributed by atoms with E-state index in [1.807, 2.05) is 0 Å². The summed E-state index contributed by atoms with van der Waals surface area (Å²) in [5.74, 6) is 0.592. The van der Waals surface area contributed by atoms with Crippen molar-refractivity contribution in [2.45, 2.75) is 6.42 Å². The predicted octanol–water partition coefficient (Wildman–Crippen LogP) is 2.27. The van der Waals surface area contributed by atoms with Crippen LogP contribution in [0, 0.1) is 0 Å². The fourth-order valence-corrected chi connectivity index (χ4v) is 3.19. The highest BCUT2D eigenvalue weighted by atomic mass is 35.5. The van der Waals surface area contributed by atoms with E-state index in [1.54, 1.807) is 59.6 Å². The smallest absolute Gasteiger partial charge is 0.255 e. The molecule has 136 valence electrons. The van der Waals surface area contributed by atoms with Gasteiger partial charge < -0.3 is 14.5 Å². The second-order valence-electron chi connectivity index (χ2n) is 6.05. The molecule has 1 aliphatic rings. The number of hydrogen-bond acceptors (Lipinski definition) is 4. The Balaban J connectivity index is 1.59. The van der Waals surface area contributed by atoms with E-state index in [0.717, 1.165) is 5.56 Å². The fourth-order valence-electron chi connectivity index (χ4n) is 2.99. The largest absolute Gasteiger partial charge is 0.496 e. The summed E-state index contributed by atoms with van der Waals surface area (Å²) in [6.45, 7) is 2.03. The minimum Gasteiger partial charge on any atom is -0.496 e. The predicted molar refractivity (Wildman–Crippen MR) is 98.4 cm³/mol. The summed E-state index contributed by atoms with van der Waals surface area (Å²) in [5, 5.41) is 0.570. The highest BCUT2D eigenvalue weighted by Crippen LogP contribution is 2.23. The summed E-state index contributed by atoms with van der Waals surface area (Å²) in [5.41, 5.74) is 1.33. The van der Waals surface area contributed by atoms with Gasteiger partial charge in [-0.1, -0.05) is 11.6 Å². The number of ether oxygens (including phenoxy) is 1. The van der Waals surface area contributed by atoms with Gasteiger partial charge in [0.05, 0.1) is 19.1 Å². The molecule has 3 rings (SSSR count). The summed E-state index contributed by atoms with van der Waals surface area (Å²) >= 11 is 6.03. The van der Waals surface area contributed by atoms with Crippen molar-refractivity contribution in [2.75, 3.05) is 33.3 Å². The Bertz CT molecular complexity index is 790. The molecule has 2 aromatic rings. The second-order valence-corrected chi connectivity index (χ2v) is 6.48. The first-order valence-electron chi connectivity index (χ1n) is 8.38. The average molecular weight is 374 g/mol. The van der Waals surface area contributed by atoms with E-state index >= 15 is 0 Å². The molecule has 0 aliphatic carbocycles. The quantitative estimate of drug-likeness (QED) is 0.824. The number of pyridine rings is 1. The van der Waals surface area contributed by atoms with Gasteiger partial charge in [-0.25, -0.2) is 0 Å². The maximum absolute atomic E-state index is 12.6. The Morgan fingerprint density at radius 3 is 2.54 bits per heavy atom. The molecule has 0 atom stereocenters. The third-order valence-electron chi connectivity index (χ3n) is 4.41. The molecule has 7 heteroatoms. The summed E-state index contributed by atoms with van der Waals surface area (Å²) < 4.78 is 5.30. The van der Waals surface area contributed by atoms with Gasteiger partial charge >= 0.3 is 0 Å². The summed E-state index contributed by atoms with van der Waals surface area (Å²) in [6, 6.07) is 8.73. The monoisotopic (exact) mass is 373 g/mol. The van der Waals surface area contributed by atoms with Crippen molar-refractivity contribution in [1.29, 1.82) is 0 Å². The Kier molecular flexibility index (Phi) is 5.73. The van der Waals surface area contributed by atoms with E-state index in [9.17, 15) is 9.59 Å². The lowest BCUT2D eigenvalue weighted by Gasteiger charge is -2.35. The maximum Gasteiger partial charge on any atom is 0.255 e. The summed E-state index contributed by atoms with van der Waals surface area (Å²) in [6.07, 6.45) is 3.42. The van der Waals surface area contributed by atoms with Crippen LogP contribution in [-0.2, 0) is 11.2 Å². The highest BCUT2D eigenvalue weighted by Gasteiger charge is 2.25. The van der Waals surface area contributed by atoms with Crippen LogP contribution < -0.4 is 4.74 Å². The Morgan fingerprint density at radius 1 is 1.15 bits per heavy atom. The van der Waals surface area contributed by atoms with E-state index < -0.39 is 0 Å². The van der Waals surface area contributed by atoms with Crippen molar-refractivity contribution < 1.29 is 14.3 Å². The number of hydrogen-bond donors (Lipinski definition) is 0. The number of halogens is 1. The molecule has 1 aromatic heterocycles. The van der Waals surface area contributed by atoms with Crippen molar-refractivity contribution in [3.8, 4) is 5.75 Å². The molecule has 26 heavy (non-hydrogen) atoms. The number of amides is 2.